The number of aryl methyl sites for hydroxylation is 2. The third kappa shape index (κ3) is 6.63. The van der Waals surface area contributed by atoms with Crippen LogP contribution < -0.4 is 14.8 Å². The van der Waals surface area contributed by atoms with Crippen LogP contribution in [-0.2, 0) is 20.0 Å². The number of carbonyl (C=O) groups excluding carboxylic acids is 1. The molecule has 0 aliphatic rings. The molecule has 0 aliphatic carbocycles. The number of anilines is 3. The van der Waals surface area contributed by atoms with Crippen LogP contribution in [0, 0.1) is 13.8 Å². The van der Waals surface area contributed by atoms with Gasteiger partial charge in [0.1, 0.15) is 0 Å². The van der Waals surface area contributed by atoms with Gasteiger partial charge in [-0.3, -0.25) is 9.52 Å². The first-order valence-corrected chi connectivity index (χ1v) is 13.1. The van der Waals surface area contributed by atoms with Crippen molar-refractivity contribution in [2.45, 2.75) is 18.7 Å². The first-order chi connectivity index (χ1) is 15.3. The lowest BCUT2D eigenvalue weighted by Gasteiger charge is -2.11. The number of carbonyl (C=O) groups is 1. The van der Waals surface area contributed by atoms with E-state index in [1.807, 2.05) is 0 Å². The molecule has 2 aromatic carbocycles. The van der Waals surface area contributed by atoms with Gasteiger partial charge in [-0.1, -0.05) is 11.6 Å². The van der Waals surface area contributed by atoms with Gasteiger partial charge in [-0.25, -0.2) is 31.5 Å². The van der Waals surface area contributed by atoms with E-state index in [4.69, 9.17) is 11.6 Å². The summed E-state index contributed by atoms with van der Waals surface area (Å²) in [7, 11) is -7.42. The van der Waals surface area contributed by atoms with Crippen LogP contribution in [0.25, 0.3) is 0 Å². The highest BCUT2D eigenvalue weighted by Gasteiger charge is 2.17. The number of nitrogens with one attached hydrogen (secondary N) is 3. The Bertz CT molecular complexity index is 1410. The van der Waals surface area contributed by atoms with Gasteiger partial charge in [-0.05, 0) is 62.4 Å². The SMILES string of the molecule is Cc1cc(C)nc(NS(=O)(=O)c2ccc(NC(=O)c3ccc(NS(C)(=O)=O)cc3Cl)cc2)n1. The van der Waals surface area contributed by atoms with E-state index in [0.29, 0.717) is 17.1 Å². The number of aromatic nitrogens is 2. The number of amides is 1. The van der Waals surface area contributed by atoms with Gasteiger partial charge >= 0.3 is 0 Å². The standard InChI is InChI=1S/C20H20ClN5O5S2/c1-12-10-13(2)23-20(22-12)26-33(30,31)16-7-4-14(5-8-16)24-19(27)17-9-6-15(11-18(17)21)25-32(3,28)29/h4-11,25H,1-3H3,(H,24,27)(H,22,23,26). The average molecular weight is 510 g/mol. The van der Waals surface area contributed by atoms with Gasteiger partial charge in [0, 0.05) is 22.8 Å². The molecular formula is C20H20ClN5O5S2. The van der Waals surface area contributed by atoms with Crippen LogP contribution in [0.1, 0.15) is 21.7 Å². The molecule has 0 unspecified atom stereocenters. The predicted octanol–water partition coefficient (Wildman–Crippen LogP) is 3.17. The van der Waals surface area contributed by atoms with E-state index in [0.717, 1.165) is 6.26 Å². The highest BCUT2D eigenvalue weighted by atomic mass is 35.5. The van der Waals surface area contributed by atoms with Gasteiger partial charge in [0.25, 0.3) is 15.9 Å². The number of nitrogens with zero attached hydrogens (tertiary/aromatic N) is 2. The topological polar surface area (TPSA) is 147 Å². The summed E-state index contributed by atoms with van der Waals surface area (Å²) in [5.74, 6) is -0.586. The van der Waals surface area contributed by atoms with Gasteiger partial charge in [0.05, 0.1) is 21.7 Å². The Kier molecular flexibility index (Phi) is 6.91. The van der Waals surface area contributed by atoms with Crippen molar-refractivity contribution in [1.82, 2.24) is 9.97 Å². The highest BCUT2D eigenvalue weighted by molar-refractivity contribution is 7.92. The van der Waals surface area contributed by atoms with Gasteiger partial charge in [-0.2, -0.15) is 0 Å². The minimum absolute atomic E-state index is 0.0340. The summed E-state index contributed by atoms with van der Waals surface area (Å²) in [5.41, 5.74) is 1.90. The molecule has 0 bridgehead atoms. The Labute approximate surface area is 196 Å². The van der Waals surface area contributed by atoms with Gasteiger partial charge in [-0.15, -0.1) is 0 Å². The van der Waals surface area contributed by atoms with E-state index in [1.54, 1.807) is 19.9 Å². The zero-order chi connectivity index (χ0) is 24.4. The largest absolute Gasteiger partial charge is 0.322 e. The van der Waals surface area contributed by atoms with Crippen LogP contribution in [-0.4, -0.2) is 39.0 Å². The Morgan fingerprint density at radius 3 is 1.97 bits per heavy atom. The van der Waals surface area contributed by atoms with Crippen molar-refractivity contribution in [2.75, 3.05) is 21.0 Å². The lowest BCUT2D eigenvalue weighted by atomic mass is 10.2. The number of sulfonamides is 2. The fraction of sp³-hybridized carbons (Fsp3) is 0.150. The number of hydrogen-bond donors (Lipinski definition) is 3. The van der Waals surface area contributed by atoms with Crippen molar-refractivity contribution < 1.29 is 21.6 Å². The fourth-order valence-corrected chi connectivity index (χ4v) is 4.61. The number of halogens is 1. The first-order valence-electron chi connectivity index (χ1n) is 9.36. The van der Waals surface area contributed by atoms with E-state index in [9.17, 15) is 21.6 Å². The zero-order valence-electron chi connectivity index (χ0n) is 17.7. The smallest absolute Gasteiger partial charge is 0.264 e. The minimum atomic E-state index is -3.94. The second-order valence-corrected chi connectivity index (χ2v) is 11.0. The van der Waals surface area contributed by atoms with Crippen LogP contribution >= 0.6 is 11.6 Å². The van der Waals surface area contributed by atoms with Crippen LogP contribution in [0.4, 0.5) is 17.3 Å². The van der Waals surface area contributed by atoms with E-state index < -0.39 is 26.0 Å². The summed E-state index contributed by atoms with van der Waals surface area (Å²) in [6.45, 7) is 3.46. The van der Waals surface area contributed by atoms with E-state index in [1.165, 1.54) is 42.5 Å². The summed E-state index contributed by atoms with van der Waals surface area (Å²) >= 11 is 6.11. The molecule has 0 saturated carbocycles. The number of rotatable bonds is 7. The molecule has 0 fully saturated rings. The van der Waals surface area contributed by atoms with Crippen molar-refractivity contribution in [2.24, 2.45) is 0 Å². The van der Waals surface area contributed by atoms with E-state index in [-0.39, 0.29) is 27.1 Å². The monoisotopic (exact) mass is 509 g/mol. The highest BCUT2D eigenvalue weighted by Crippen LogP contribution is 2.23. The molecule has 0 saturated heterocycles. The summed E-state index contributed by atoms with van der Waals surface area (Å²) in [6.07, 6.45) is 0.996. The molecule has 0 spiro atoms. The molecule has 33 heavy (non-hydrogen) atoms. The third-order valence-corrected chi connectivity index (χ3v) is 6.41. The van der Waals surface area contributed by atoms with E-state index in [2.05, 4.69) is 24.7 Å². The summed E-state index contributed by atoms with van der Waals surface area (Å²) < 4.78 is 52.4. The fourth-order valence-electron chi connectivity index (χ4n) is 2.84. The van der Waals surface area contributed by atoms with Crippen molar-refractivity contribution >= 4 is 54.9 Å². The third-order valence-electron chi connectivity index (χ3n) is 4.15. The molecule has 10 nitrogen and oxygen atoms in total. The minimum Gasteiger partial charge on any atom is -0.322 e. The second kappa shape index (κ2) is 9.33. The van der Waals surface area contributed by atoms with Crippen molar-refractivity contribution in [3.05, 3.63) is 70.5 Å². The van der Waals surface area contributed by atoms with Gasteiger partial charge in [0.15, 0.2) is 0 Å². The Morgan fingerprint density at radius 2 is 1.42 bits per heavy atom. The molecule has 3 N–H and O–H groups in total. The molecular weight excluding hydrogens is 490 g/mol. The van der Waals surface area contributed by atoms with Crippen LogP contribution in [0.15, 0.2) is 53.4 Å². The molecule has 3 rings (SSSR count). The Hall–Kier alpha value is -3.22. The maximum atomic E-state index is 12.6. The van der Waals surface area contributed by atoms with Crippen molar-refractivity contribution in [1.29, 1.82) is 0 Å². The van der Waals surface area contributed by atoms with Gasteiger partial charge < -0.3 is 5.32 Å². The number of benzene rings is 2. The zero-order valence-corrected chi connectivity index (χ0v) is 20.1. The average Bonchev–Trinajstić information content (AvgIpc) is 2.66. The van der Waals surface area contributed by atoms with Crippen LogP contribution in [0.2, 0.25) is 5.02 Å². The predicted molar refractivity (Wildman–Crippen MR) is 127 cm³/mol. The summed E-state index contributed by atoms with van der Waals surface area (Å²) in [6, 6.07) is 11.3. The summed E-state index contributed by atoms with van der Waals surface area (Å²) in [5, 5.41) is 2.65. The second-order valence-electron chi connectivity index (χ2n) is 7.13. The van der Waals surface area contributed by atoms with Crippen LogP contribution in [0.5, 0.6) is 0 Å². The molecule has 1 aromatic heterocycles. The quantitative estimate of drug-likeness (QED) is 0.443. The number of hydrogen-bond acceptors (Lipinski definition) is 7. The maximum absolute atomic E-state index is 12.6. The molecule has 3 aromatic rings. The first kappa shape index (κ1) is 24.4. The Morgan fingerprint density at radius 1 is 0.848 bits per heavy atom. The molecule has 0 aliphatic heterocycles. The molecule has 0 atom stereocenters. The van der Waals surface area contributed by atoms with E-state index >= 15 is 0 Å². The lowest BCUT2D eigenvalue weighted by Crippen LogP contribution is -2.16. The molecule has 174 valence electrons. The van der Waals surface area contributed by atoms with Crippen LogP contribution in [0.3, 0.4) is 0 Å². The molecule has 1 amide bonds. The summed E-state index contributed by atoms with van der Waals surface area (Å²) in [4.78, 5) is 20.6. The lowest BCUT2D eigenvalue weighted by molar-refractivity contribution is 0.102. The van der Waals surface area contributed by atoms with Crippen molar-refractivity contribution in [3.63, 3.8) is 0 Å². The molecule has 13 heteroatoms. The van der Waals surface area contributed by atoms with Gasteiger partial charge in [0.2, 0.25) is 16.0 Å². The molecule has 1 heterocycles. The van der Waals surface area contributed by atoms with Crippen molar-refractivity contribution in [3.8, 4) is 0 Å². The normalized spacial score (nSPS) is 11.6. The molecule has 0 radical (unpaired) electrons. The Balaban J connectivity index is 1.73. The maximum Gasteiger partial charge on any atom is 0.264 e.